The van der Waals surface area contributed by atoms with E-state index in [-0.39, 0.29) is 17.7 Å². The number of nitrogens with zero attached hydrogens (tertiary/aromatic N) is 1. The zero-order valence-corrected chi connectivity index (χ0v) is 10.6. The van der Waals surface area contributed by atoms with E-state index >= 15 is 0 Å². The zero-order chi connectivity index (χ0) is 13.1. The van der Waals surface area contributed by atoms with E-state index in [1.807, 2.05) is 31.2 Å². The smallest absolute Gasteiger partial charge is 0.229 e. The lowest BCUT2D eigenvalue weighted by atomic mass is 9.86. The van der Waals surface area contributed by atoms with Gasteiger partial charge in [-0.3, -0.25) is 14.5 Å². The van der Waals surface area contributed by atoms with Crippen LogP contribution in [0.1, 0.15) is 29.9 Å². The minimum absolute atomic E-state index is 0.0141. The van der Waals surface area contributed by atoms with Gasteiger partial charge in [-0.05, 0) is 18.1 Å². The summed E-state index contributed by atoms with van der Waals surface area (Å²) in [5, 5.41) is 0. The Hall–Kier alpha value is -1.68. The van der Waals surface area contributed by atoms with Crippen molar-refractivity contribution in [3.05, 3.63) is 35.4 Å². The van der Waals surface area contributed by atoms with Gasteiger partial charge in [0.1, 0.15) is 0 Å². The average Bonchev–Trinajstić information content (AvgIpc) is 2.34. The molecule has 0 spiro atoms. The second-order valence-corrected chi connectivity index (χ2v) is 4.69. The molecule has 2 N–H and O–H groups in total. The SMILES string of the molecule is Cc1ccccc1C1CC(=O)N(CCN)C(=O)C1. The zero-order valence-electron chi connectivity index (χ0n) is 10.6. The van der Waals surface area contributed by atoms with Crippen molar-refractivity contribution < 1.29 is 9.59 Å². The number of carbonyl (C=O) groups excluding carboxylic acids is 2. The number of carbonyl (C=O) groups is 2. The summed E-state index contributed by atoms with van der Waals surface area (Å²) >= 11 is 0. The molecule has 0 bridgehead atoms. The van der Waals surface area contributed by atoms with Crippen molar-refractivity contribution in [3.63, 3.8) is 0 Å². The Bertz CT molecular complexity index is 453. The molecule has 0 saturated carbocycles. The maximum absolute atomic E-state index is 11.9. The van der Waals surface area contributed by atoms with E-state index in [0.29, 0.717) is 25.9 Å². The number of likely N-dealkylation sites (tertiary alicyclic amines) is 1. The molecule has 96 valence electrons. The highest BCUT2D eigenvalue weighted by Crippen LogP contribution is 2.31. The van der Waals surface area contributed by atoms with E-state index < -0.39 is 0 Å². The standard InChI is InChI=1S/C14H18N2O2/c1-10-4-2-3-5-12(10)11-8-13(17)16(7-6-15)14(18)9-11/h2-5,11H,6-9,15H2,1H3. The Morgan fingerprint density at radius 2 is 1.83 bits per heavy atom. The van der Waals surface area contributed by atoms with E-state index in [1.54, 1.807) is 0 Å². The van der Waals surface area contributed by atoms with Crippen LogP contribution in [0, 0.1) is 6.92 Å². The number of imide groups is 1. The average molecular weight is 246 g/mol. The molecule has 0 unspecified atom stereocenters. The number of benzene rings is 1. The van der Waals surface area contributed by atoms with Gasteiger partial charge in [-0.1, -0.05) is 24.3 Å². The Morgan fingerprint density at radius 1 is 1.22 bits per heavy atom. The molecular formula is C14H18N2O2. The van der Waals surface area contributed by atoms with Crippen LogP contribution in [0.3, 0.4) is 0 Å². The number of hydrogen-bond acceptors (Lipinski definition) is 3. The fraction of sp³-hybridized carbons (Fsp3) is 0.429. The van der Waals surface area contributed by atoms with Crippen LogP contribution < -0.4 is 5.73 Å². The first kappa shape index (κ1) is 12.8. The van der Waals surface area contributed by atoms with Crippen molar-refractivity contribution in [1.29, 1.82) is 0 Å². The maximum atomic E-state index is 11.9. The summed E-state index contributed by atoms with van der Waals surface area (Å²) in [7, 11) is 0. The summed E-state index contributed by atoms with van der Waals surface area (Å²) < 4.78 is 0. The number of rotatable bonds is 3. The number of aryl methyl sites for hydroxylation is 1. The van der Waals surface area contributed by atoms with Crippen molar-refractivity contribution in [2.75, 3.05) is 13.1 Å². The fourth-order valence-corrected chi connectivity index (χ4v) is 2.50. The molecular weight excluding hydrogens is 228 g/mol. The van der Waals surface area contributed by atoms with Crippen LogP contribution in [-0.2, 0) is 9.59 Å². The van der Waals surface area contributed by atoms with E-state index in [1.165, 1.54) is 4.90 Å². The molecule has 4 heteroatoms. The molecule has 0 atom stereocenters. The summed E-state index contributed by atoms with van der Waals surface area (Å²) in [6.07, 6.45) is 0.799. The van der Waals surface area contributed by atoms with E-state index in [2.05, 4.69) is 0 Å². The van der Waals surface area contributed by atoms with Crippen LogP contribution in [0.15, 0.2) is 24.3 Å². The van der Waals surface area contributed by atoms with E-state index in [9.17, 15) is 9.59 Å². The topological polar surface area (TPSA) is 63.4 Å². The van der Waals surface area contributed by atoms with Crippen LogP contribution in [0.2, 0.25) is 0 Å². The van der Waals surface area contributed by atoms with Gasteiger partial charge in [0.2, 0.25) is 11.8 Å². The van der Waals surface area contributed by atoms with Gasteiger partial charge in [0.05, 0.1) is 0 Å². The normalized spacial score (nSPS) is 17.3. The first-order valence-corrected chi connectivity index (χ1v) is 6.22. The Morgan fingerprint density at radius 3 is 2.39 bits per heavy atom. The van der Waals surface area contributed by atoms with Gasteiger partial charge in [-0.15, -0.1) is 0 Å². The predicted octanol–water partition coefficient (Wildman–Crippen LogP) is 1.19. The second kappa shape index (κ2) is 5.31. The summed E-state index contributed by atoms with van der Waals surface area (Å²) in [5.74, 6) is -0.199. The first-order valence-electron chi connectivity index (χ1n) is 6.22. The van der Waals surface area contributed by atoms with Gasteiger partial charge in [-0.2, -0.15) is 0 Å². The fourth-order valence-electron chi connectivity index (χ4n) is 2.50. The van der Waals surface area contributed by atoms with Crippen LogP contribution in [-0.4, -0.2) is 29.8 Å². The molecule has 1 heterocycles. The van der Waals surface area contributed by atoms with Gasteiger partial charge in [-0.25, -0.2) is 0 Å². The molecule has 1 aromatic carbocycles. The second-order valence-electron chi connectivity index (χ2n) is 4.69. The third kappa shape index (κ3) is 2.43. The quantitative estimate of drug-likeness (QED) is 0.815. The number of piperidine rings is 1. The summed E-state index contributed by atoms with van der Waals surface area (Å²) in [4.78, 5) is 25.2. The van der Waals surface area contributed by atoms with Crippen LogP contribution in [0.5, 0.6) is 0 Å². The van der Waals surface area contributed by atoms with Crippen molar-refractivity contribution in [2.45, 2.75) is 25.7 Å². The maximum Gasteiger partial charge on any atom is 0.229 e. The monoisotopic (exact) mass is 246 g/mol. The minimum Gasteiger partial charge on any atom is -0.329 e. The molecule has 0 aromatic heterocycles. The van der Waals surface area contributed by atoms with Gasteiger partial charge < -0.3 is 5.73 Å². The van der Waals surface area contributed by atoms with Gasteiger partial charge in [0.25, 0.3) is 0 Å². The minimum atomic E-state index is -0.107. The Labute approximate surface area is 107 Å². The first-order chi connectivity index (χ1) is 8.63. The largest absolute Gasteiger partial charge is 0.329 e. The highest BCUT2D eigenvalue weighted by molar-refractivity contribution is 5.98. The molecule has 2 rings (SSSR count). The Balaban J connectivity index is 2.18. The molecule has 0 aliphatic carbocycles. The number of amides is 2. The molecule has 0 radical (unpaired) electrons. The highest BCUT2D eigenvalue weighted by atomic mass is 16.2. The molecule has 1 aliphatic rings. The summed E-state index contributed by atoms with van der Waals surface area (Å²) in [6, 6.07) is 7.92. The van der Waals surface area contributed by atoms with Crippen molar-refractivity contribution in [3.8, 4) is 0 Å². The van der Waals surface area contributed by atoms with Crippen molar-refractivity contribution in [1.82, 2.24) is 4.90 Å². The molecule has 18 heavy (non-hydrogen) atoms. The summed E-state index contributed by atoms with van der Waals surface area (Å²) in [6.45, 7) is 2.67. The molecule has 1 saturated heterocycles. The van der Waals surface area contributed by atoms with Gasteiger partial charge in [0, 0.05) is 31.8 Å². The number of hydrogen-bond donors (Lipinski definition) is 1. The van der Waals surface area contributed by atoms with Crippen molar-refractivity contribution in [2.24, 2.45) is 5.73 Å². The third-order valence-corrected chi connectivity index (χ3v) is 3.43. The van der Waals surface area contributed by atoms with Crippen molar-refractivity contribution >= 4 is 11.8 Å². The van der Waals surface area contributed by atoms with Crippen LogP contribution >= 0.6 is 0 Å². The lowest BCUT2D eigenvalue weighted by molar-refractivity contribution is -0.148. The molecule has 2 amide bonds. The molecule has 1 aliphatic heterocycles. The van der Waals surface area contributed by atoms with Gasteiger partial charge in [0.15, 0.2) is 0 Å². The number of nitrogens with two attached hydrogens (primary N) is 1. The third-order valence-electron chi connectivity index (χ3n) is 3.43. The van der Waals surface area contributed by atoms with E-state index in [0.717, 1.165) is 11.1 Å². The van der Waals surface area contributed by atoms with E-state index in [4.69, 9.17) is 5.73 Å². The lowest BCUT2D eigenvalue weighted by Gasteiger charge is -2.30. The van der Waals surface area contributed by atoms with Crippen LogP contribution in [0.25, 0.3) is 0 Å². The molecule has 4 nitrogen and oxygen atoms in total. The van der Waals surface area contributed by atoms with Gasteiger partial charge >= 0.3 is 0 Å². The predicted molar refractivity (Wildman–Crippen MR) is 68.9 cm³/mol. The lowest BCUT2D eigenvalue weighted by Crippen LogP contribution is -2.45. The highest BCUT2D eigenvalue weighted by Gasteiger charge is 2.33. The molecule has 1 aromatic rings. The summed E-state index contributed by atoms with van der Waals surface area (Å²) in [5.41, 5.74) is 7.65. The van der Waals surface area contributed by atoms with Crippen LogP contribution in [0.4, 0.5) is 0 Å². The Kier molecular flexibility index (Phi) is 3.77. The molecule has 1 fully saturated rings.